The van der Waals surface area contributed by atoms with Crippen LogP contribution in [0.2, 0.25) is 0 Å². The molecule has 0 bridgehead atoms. The number of thiophene rings is 1. The number of aryl methyl sites for hydroxylation is 1. The normalized spacial score (nSPS) is 16.7. The predicted molar refractivity (Wildman–Crippen MR) is 131 cm³/mol. The Labute approximate surface area is 198 Å². The van der Waals surface area contributed by atoms with Crippen LogP contribution in [0.4, 0.5) is 0 Å². The van der Waals surface area contributed by atoms with Gasteiger partial charge in [0.1, 0.15) is 0 Å². The molecule has 0 fully saturated rings. The number of carbonyl (C=O) groups is 1. The first-order valence-electron chi connectivity index (χ1n) is 11.3. The van der Waals surface area contributed by atoms with E-state index < -0.39 is 0 Å². The highest BCUT2D eigenvalue weighted by molar-refractivity contribution is 8.00. The van der Waals surface area contributed by atoms with Crippen LogP contribution in [0.25, 0.3) is 10.7 Å². The molecule has 3 heterocycles. The fourth-order valence-corrected chi connectivity index (χ4v) is 6.34. The number of hydrogen-bond acceptors (Lipinski definition) is 6. The summed E-state index contributed by atoms with van der Waals surface area (Å²) in [7, 11) is 2.00. The van der Waals surface area contributed by atoms with E-state index >= 15 is 0 Å². The summed E-state index contributed by atoms with van der Waals surface area (Å²) in [5, 5.41) is 12.5. The monoisotopic (exact) mass is 469 g/mol. The van der Waals surface area contributed by atoms with Crippen molar-refractivity contribution >= 4 is 29.0 Å². The molecule has 6 nitrogen and oxygen atoms in total. The standard InChI is InChI=1S/C24H31N5OS2/c1-5-16-8-9-19-18(11-16)12-20(31-19)22-27-28-24(29(22)4)32-21(15(2)3)23(30)26-14-17-7-6-10-25-13-17/h6-7,10,12-13,15-16,21H,5,8-9,11,14H2,1-4H3,(H,26,30). The maximum absolute atomic E-state index is 12.9. The summed E-state index contributed by atoms with van der Waals surface area (Å²) >= 11 is 3.34. The Morgan fingerprint density at radius 2 is 2.22 bits per heavy atom. The van der Waals surface area contributed by atoms with Crippen molar-refractivity contribution in [3.63, 3.8) is 0 Å². The number of nitrogens with one attached hydrogen (secondary N) is 1. The van der Waals surface area contributed by atoms with Gasteiger partial charge in [-0.15, -0.1) is 21.5 Å². The summed E-state index contributed by atoms with van der Waals surface area (Å²) in [6, 6.07) is 6.14. The fourth-order valence-electron chi connectivity index (χ4n) is 4.09. The molecule has 3 aromatic rings. The van der Waals surface area contributed by atoms with Gasteiger partial charge in [-0.25, -0.2) is 0 Å². The van der Waals surface area contributed by atoms with Crippen LogP contribution in [-0.4, -0.2) is 30.9 Å². The van der Waals surface area contributed by atoms with Gasteiger partial charge in [-0.3, -0.25) is 9.78 Å². The molecule has 0 saturated carbocycles. The van der Waals surface area contributed by atoms with Crippen molar-refractivity contribution in [3.05, 3.63) is 46.6 Å². The van der Waals surface area contributed by atoms with E-state index in [1.165, 1.54) is 52.8 Å². The molecule has 0 radical (unpaired) electrons. The van der Waals surface area contributed by atoms with Gasteiger partial charge in [0.2, 0.25) is 5.91 Å². The maximum atomic E-state index is 12.9. The summed E-state index contributed by atoms with van der Waals surface area (Å²) in [5.74, 6) is 1.86. The van der Waals surface area contributed by atoms with E-state index in [1.807, 2.05) is 35.1 Å². The number of pyridine rings is 1. The van der Waals surface area contributed by atoms with Crippen LogP contribution in [0, 0.1) is 11.8 Å². The van der Waals surface area contributed by atoms with Gasteiger partial charge in [0.15, 0.2) is 11.0 Å². The molecule has 170 valence electrons. The number of aromatic nitrogens is 4. The molecule has 1 amide bonds. The van der Waals surface area contributed by atoms with Gasteiger partial charge >= 0.3 is 0 Å². The van der Waals surface area contributed by atoms with E-state index in [0.29, 0.717) is 6.54 Å². The highest BCUT2D eigenvalue weighted by Gasteiger charge is 2.27. The molecule has 1 N–H and O–H groups in total. The zero-order valence-electron chi connectivity index (χ0n) is 19.2. The van der Waals surface area contributed by atoms with E-state index in [-0.39, 0.29) is 17.1 Å². The third kappa shape index (κ3) is 5.07. The minimum Gasteiger partial charge on any atom is -0.351 e. The Morgan fingerprint density at radius 1 is 1.38 bits per heavy atom. The van der Waals surface area contributed by atoms with Gasteiger partial charge in [-0.2, -0.15) is 0 Å². The summed E-state index contributed by atoms with van der Waals surface area (Å²) < 4.78 is 2.03. The number of fused-ring (bicyclic) bond motifs is 1. The zero-order chi connectivity index (χ0) is 22.7. The summed E-state index contributed by atoms with van der Waals surface area (Å²) in [4.78, 5) is 19.7. The quantitative estimate of drug-likeness (QED) is 0.476. The SMILES string of the molecule is CCC1CCc2sc(-c3nnc(SC(C(=O)NCc4cccnc4)C(C)C)n3C)cc2C1. The maximum Gasteiger partial charge on any atom is 0.234 e. The molecule has 4 rings (SSSR count). The van der Waals surface area contributed by atoms with Crippen LogP contribution in [0.5, 0.6) is 0 Å². The second-order valence-electron chi connectivity index (χ2n) is 8.80. The Hall–Kier alpha value is -2.19. The Balaban J connectivity index is 1.47. The van der Waals surface area contributed by atoms with Gasteiger partial charge in [0, 0.05) is 30.9 Å². The number of thioether (sulfide) groups is 1. The number of hydrogen-bond donors (Lipinski definition) is 1. The zero-order valence-corrected chi connectivity index (χ0v) is 20.8. The third-order valence-electron chi connectivity index (χ3n) is 6.10. The highest BCUT2D eigenvalue weighted by atomic mass is 32.2. The van der Waals surface area contributed by atoms with Crippen molar-refractivity contribution in [2.75, 3.05) is 0 Å². The van der Waals surface area contributed by atoms with Crippen LogP contribution in [0.15, 0.2) is 35.7 Å². The summed E-state index contributed by atoms with van der Waals surface area (Å²) in [6.07, 6.45) is 8.38. The molecule has 1 aliphatic rings. The van der Waals surface area contributed by atoms with E-state index in [2.05, 4.69) is 47.3 Å². The lowest BCUT2D eigenvalue weighted by Gasteiger charge is -2.19. The molecule has 0 saturated heterocycles. The second-order valence-corrected chi connectivity index (χ2v) is 11.0. The van der Waals surface area contributed by atoms with Crippen LogP contribution in [-0.2, 0) is 31.2 Å². The van der Waals surface area contributed by atoms with Crippen molar-refractivity contribution in [2.24, 2.45) is 18.9 Å². The Morgan fingerprint density at radius 3 is 2.94 bits per heavy atom. The first-order chi connectivity index (χ1) is 15.5. The van der Waals surface area contributed by atoms with E-state index in [9.17, 15) is 4.79 Å². The van der Waals surface area contributed by atoms with Crippen LogP contribution in [0.1, 0.15) is 49.6 Å². The van der Waals surface area contributed by atoms with Crippen LogP contribution >= 0.6 is 23.1 Å². The van der Waals surface area contributed by atoms with Crippen molar-refractivity contribution in [3.8, 4) is 10.7 Å². The largest absolute Gasteiger partial charge is 0.351 e. The molecular formula is C24H31N5OS2. The van der Waals surface area contributed by atoms with E-state index in [4.69, 9.17) is 0 Å². The molecule has 2 unspecified atom stereocenters. The minimum absolute atomic E-state index is 0.00981. The van der Waals surface area contributed by atoms with Crippen molar-refractivity contribution in [2.45, 2.75) is 63.4 Å². The molecule has 0 aromatic carbocycles. The van der Waals surface area contributed by atoms with Gasteiger partial charge in [0.05, 0.1) is 10.1 Å². The van der Waals surface area contributed by atoms with Crippen LogP contribution in [0.3, 0.4) is 0 Å². The average Bonchev–Trinajstić information content (AvgIpc) is 3.38. The molecule has 3 aromatic heterocycles. The third-order valence-corrected chi connectivity index (χ3v) is 8.92. The average molecular weight is 470 g/mol. The lowest BCUT2D eigenvalue weighted by atomic mass is 9.87. The number of nitrogens with zero attached hydrogens (tertiary/aromatic N) is 4. The minimum atomic E-state index is -0.246. The smallest absolute Gasteiger partial charge is 0.234 e. The molecule has 0 aliphatic heterocycles. The first kappa shape index (κ1) is 23.0. The van der Waals surface area contributed by atoms with Gasteiger partial charge in [-0.05, 0) is 54.4 Å². The van der Waals surface area contributed by atoms with Crippen molar-refractivity contribution in [1.82, 2.24) is 25.1 Å². The predicted octanol–water partition coefficient (Wildman–Crippen LogP) is 4.89. The van der Waals surface area contributed by atoms with Gasteiger partial charge in [0.25, 0.3) is 0 Å². The van der Waals surface area contributed by atoms with Gasteiger partial charge < -0.3 is 9.88 Å². The van der Waals surface area contributed by atoms with E-state index in [0.717, 1.165) is 22.5 Å². The second kappa shape index (κ2) is 10.2. The number of amides is 1. The number of rotatable bonds is 8. The Bertz CT molecular complexity index is 1060. The molecule has 8 heteroatoms. The molecule has 1 aliphatic carbocycles. The topological polar surface area (TPSA) is 72.7 Å². The molecule has 0 spiro atoms. The van der Waals surface area contributed by atoms with Crippen LogP contribution < -0.4 is 5.32 Å². The molecule has 2 atom stereocenters. The van der Waals surface area contributed by atoms with E-state index in [1.54, 1.807) is 12.4 Å². The Kier molecular flexibility index (Phi) is 7.30. The first-order valence-corrected chi connectivity index (χ1v) is 13.0. The van der Waals surface area contributed by atoms with Gasteiger partial charge in [-0.1, -0.05) is 45.0 Å². The lowest BCUT2D eigenvalue weighted by molar-refractivity contribution is -0.121. The number of carbonyl (C=O) groups excluding carboxylic acids is 1. The summed E-state index contributed by atoms with van der Waals surface area (Å²) in [5.41, 5.74) is 2.47. The van der Waals surface area contributed by atoms with Crippen molar-refractivity contribution < 1.29 is 4.79 Å². The van der Waals surface area contributed by atoms with Crippen molar-refractivity contribution in [1.29, 1.82) is 0 Å². The highest BCUT2D eigenvalue weighted by Crippen LogP contribution is 2.38. The molecular weight excluding hydrogens is 438 g/mol. The summed E-state index contributed by atoms with van der Waals surface area (Å²) in [6.45, 7) is 6.89. The lowest BCUT2D eigenvalue weighted by Crippen LogP contribution is -2.35. The fraction of sp³-hybridized carbons (Fsp3) is 0.500. The molecule has 32 heavy (non-hydrogen) atoms.